The topological polar surface area (TPSA) is 109 Å². The van der Waals surface area contributed by atoms with Crippen LogP contribution in [0.1, 0.15) is 11.9 Å². The second-order valence-corrected chi connectivity index (χ2v) is 7.57. The first-order chi connectivity index (χ1) is 12.5. The number of sulfonamides is 1. The van der Waals surface area contributed by atoms with E-state index in [9.17, 15) is 8.42 Å². The van der Waals surface area contributed by atoms with Crippen molar-refractivity contribution in [3.05, 3.63) is 30.1 Å². The van der Waals surface area contributed by atoms with E-state index in [-0.39, 0.29) is 24.6 Å². The van der Waals surface area contributed by atoms with Crippen LogP contribution in [0.15, 0.2) is 29.2 Å². The third kappa shape index (κ3) is 4.01. The van der Waals surface area contributed by atoms with Crippen LogP contribution >= 0.6 is 0 Å². The van der Waals surface area contributed by atoms with E-state index < -0.39 is 16.1 Å². The van der Waals surface area contributed by atoms with E-state index in [1.807, 2.05) is 0 Å². The van der Waals surface area contributed by atoms with Gasteiger partial charge in [0.15, 0.2) is 0 Å². The molecule has 1 saturated heterocycles. The molecular weight excluding hydrogens is 362 g/mol. The van der Waals surface area contributed by atoms with Gasteiger partial charge in [-0.3, -0.25) is 0 Å². The molecule has 2 aromatic rings. The molecule has 2 heterocycles. The highest BCUT2D eigenvalue weighted by molar-refractivity contribution is 7.89. The van der Waals surface area contributed by atoms with Crippen molar-refractivity contribution in [2.75, 3.05) is 40.5 Å². The van der Waals surface area contributed by atoms with Crippen LogP contribution < -0.4 is 4.74 Å². The Hall–Kier alpha value is -2.08. The zero-order valence-electron chi connectivity index (χ0n) is 14.6. The lowest BCUT2D eigenvalue weighted by Gasteiger charge is -2.30. The molecule has 1 aromatic heterocycles. The van der Waals surface area contributed by atoms with Crippen molar-refractivity contribution in [2.24, 2.45) is 0 Å². The van der Waals surface area contributed by atoms with Crippen LogP contribution in [0.2, 0.25) is 0 Å². The van der Waals surface area contributed by atoms with Crippen LogP contribution in [0.25, 0.3) is 0 Å². The van der Waals surface area contributed by atoms with Gasteiger partial charge in [-0.2, -0.15) is 9.10 Å². The highest BCUT2D eigenvalue weighted by Gasteiger charge is 2.33. The van der Waals surface area contributed by atoms with Crippen LogP contribution in [0, 0.1) is 0 Å². The fourth-order valence-corrected chi connectivity index (χ4v) is 3.97. The quantitative estimate of drug-likeness (QED) is 0.662. The molecule has 10 nitrogen and oxygen atoms in total. The largest absolute Gasteiger partial charge is 0.497 e. The Morgan fingerprint density at radius 1 is 1.27 bits per heavy atom. The molecule has 0 spiro atoms. The molecule has 0 bridgehead atoms. The van der Waals surface area contributed by atoms with Gasteiger partial charge >= 0.3 is 0 Å². The minimum atomic E-state index is -3.64. The van der Waals surface area contributed by atoms with Gasteiger partial charge in [0.05, 0.1) is 31.8 Å². The van der Waals surface area contributed by atoms with Crippen molar-refractivity contribution in [3.63, 3.8) is 0 Å². The molecule has 1 fully saturated rings. The predicted molar refractivity (Wildman–Crippen MR) is 90.1 cm³/mol. The molecule has 142 valence electrons. The minimum Gasteiger partial charge on any atom is -0.497 e. The monoisotopic (exact) mass is 383 g/mol. The van der Waals surface area contributed by atoms with Gasteiger partial charge in [0.1, 0.15) is 11.9 Å². The van der Waals surface area contributed by atoms with Gasteiger partial charge in [-0.25, -0.2) is 8.42 Å². The van der Waals surface area contributed by atoms with E-state index in [4.69, 9.17) is 14.2 Å². The number of hydrogen-bond donors (Lipinski definition) is 0. The van der Waals surface area contributed by atoms with E-state index in [0.29, 0.717) is 24.7 Å². The highest BCUT2D eigenvalue weighted by Crippen LogP contribution is 2.25. The normalized spacial score (nSPS) is 18.8. The van der Waals surface area contributed by atoms with Crippen molar-refractivity contribution in [1.82, 2.24) is 24.5 Å². The summed E-state index contributed by atoms with van der Waals surface area (Å²) in [6, 6.07) is 6.29. The summed E-state index contributed by atoms with van der Waals surface area (Å²) in [6.07, 6.45) is -0.562. The van der Waals surface area contributed by atoms with Crippen LogP contribution in [0.4, 0.5) is 0 Å². The molecule has 0 aliphatic carbocycles. The summed E-state index contributed by atoms with van der Waals surface area (Å²) in [6.45, 7) is 1.57. The second kappa shape index (κ2) is 8.08. The Bertz CT molecular complexity index is 823. The standard InChI is InChI=1S/C15H21N5O5S/c1-23-9-8-20-17-15(16-18-20)14-11-19(7-10-25-14)26(21,22)13-5-3-12(24-2)4-6-13/h3-6,14H,7-11H2,1-2H3. The summed E-state index contributed by atoms with van der Waals surface area (Å²) in [7, 11) is -0.522. The molecule has 26 heavy (non-hydrogen) atoms. The Morgan fingerprint density at radius 2 is 2.04 bits per heavy atom. The van der Waals surface area contributed by atoms with Gasteiger partial charge in [0.2, 0.25) is 15.8 Å². The number of nitrogens with zero attached hydrogens (tertiary/aromatic N) is 5. The maximum absolute atomic E-state index is 12.9. The molecule has 1 aliphatic rings. The number of ether oxygens (including phenoxy) is 3. The smallest absolute Gasteiger partial charge is 0.243 e. The maximum atomic E-state index is 12.9. The van der Waals surface area contributed by atoms with Crippen LogP contribution in [0.3, 0.4) is 0 Å². The summed E-state index contributed by atoms with van der Waals surface area (Å²) in [4.78, 5) is 1.61. The zero-order valence-corrected chi connectivity index (χ0v) is 15.4. The highest BCUT2D eigenvalue weighted by atomic mass is 32.2. The fraction of sp³-hybridized carbons (Fsp3) is 0.533. The Labute approximate surface area is 151 Å². The van der Waals surface area contributed by atoms with E-state index >= 15 is 0 Å². The summed E-state index contributed by atoms with van der Waals surface area (Å²) in [5, 5.41) is 12.1. The summed E-state index contributed by atoms with van der Waals surface area (Å²) in [5.41, 5.74) is 0. The van der Waals surface area contributed by atoms with Gasteiger partial charge < -0.3 is 14.2 Å². The molecule has 11 heteroatoms. The number of tetrazole rings is 1. The van der Waals surface area contributed by atoms with Crippen LogP contribution in [-0.4, -0.2) is 73.5 Å². The molecule has 1 atom stereocenters. The van der Waals surface area contributed by atoms with E-state index in [0.717, 1.165) is 0 Å². The molecule has 1 unspecified atom stereocenters. The van der Waals surface area contributed by atoms with E-state index in [2.05, 4.69) is 15.4 Å². The van der Waals surface area contributed by atoms with Crippen molar-refractivity contribution < 1.29 is 22.6 Å². The van der Waals surface area contributed by atoms with Gasteiger partial charge in [0, 0.05) is 20.2 Å². The first-order valence-electron chi connectivity index (χ1n) is 8.07. The van der Waals surface area contributed by atoms with Crippen molar-refractivity contribution in [1.29, 1.82) is 0 Å². The molecule has 1 aliphatic heterocycles. The number of benzene rings is 1. The fourth-order valence-electron chi connectivity index (χ4n) is 2.55. The predicted octanol–water partition coefficient (Wildman–Crippen LogP) is 0.0903. The van der Waals surface area contributed by atoms with Crippen LogP contribution in [-0.2, 0) is 26.0 Å². The summed E-state index contributed by atoms with van der Waals surface area (Å²) >= 11 is 0. The van der Waals surface area contributed by atoms with Crippen molar-refractivity contribution in [3.8, 4) is 5.75 Å². The molecule has 0 radical (unpaired) electrons. The lowest BCUT2D eigenvalue weighted by molar-refractivity contribution is -0.00774. The number of methoxy groups -OCH3 is 2. The molecule has 0 N–H and O–H groups in total. The van der Waals surface area contributed by atoms with Crippen molar-refractivity contribution >= 4 is 10.0 Å². The first kappa shape index (κ1) is 18.7. The Morgan fingerprint density at radius 3 is 2.73 bits per heavy atom. The number of morpholine rings is 1. The molecule has 0 saturated carbocycles. The van der Waals surface area contributed by atoms with Gasteiger partial charge in [-0.05, 0) is 29.5 Å². The molecule has 0 amide bonds. The number of aromatic nitrogens is 4. The lowest BCUT2D eigenvalue weighted by atomic mass is 10.3. The number of hydrogen-bond acceptors (Lipinski definition) is 8. The lowest BCUT2D eigenvalue weighted by Crippen LogP contribution is -2.42. The third-order valence-electron chi connectivity index (χ3n) is 3.98. The average Bonchev–Trinajstić information content (AvgIpc) is 3.15. The third-order valence-corrected chi connectivity index (χ3v) is 5.86. The second-order valence-electron chi connectivity index (χ2n) is 5.63. The van der Waals surface area contributed by atoms with Crippen LogP contribution in [0.5, 0.6) is 5.75 Å². The average molecular weight is 383 g/mol. The summed E-state index contributed by atoms with van der Waals surface area (Å²) in [5.74, 6) is 0.955. The van der Waals surface area contributed by atoms with Gasteiger partial charge in [-0.1, -0.05) is 0 Å². The SMILES string of the molecule is COCCn1nnc(C2CN(S(=O)(=O)c3ccc(OC)cc3)CCO2)n1. The van der Waals surface area contributed by atoms with E-state index in [1.54, 1.807) is 19.2 Å². The summed E-state index contributed by atoms with van der Waals surface area (Å²) < 4.78 is 42.8. The first-order valence-corrected chi connectivity index (χ1v) is 9.51. The van der Waals surface area contributed by atoms with Gasteiger partial charge in [-0.15, -0.1) is 10.2 Å². The van der Waals surface area contributed by atoms with Gasteiger partial charge in [0.25, 0.3) is 0 Å². The molecule has 3 rings (SSSR count). The zero-order chi connectivity index (χ0) is 18.6. The number of rotatable bonds is 7. The molecular formula is C15H21N5O5S. The Kier molecular flexibility index (Phi) is 5.81. The van der Waals surface area contributed by atoms with E-state index in [1.165, 1.54) is 28.3 Å². The Balaban J connectivity index is 1.73. The molecule has 1 aromatic carbocycles. The van der Waals surface area contributed by atoms with Crippen molar-refractivity contribution in [2.45, 2.75) is 17.5 Å². The maximum Gasteiger partial charge on any atom is 0.243 e. The minimum absolute atomic E-state index is 0.129.